The van der Waals surface area contributed by atoms with Gasteiger partial charge in [0.05, 0.1) is 27.9 Å². The molecule has 0 aliphatic heterocycles. The highest BCUT2D eigenvalue weighted by atomic mass is 15.0. The highest BCUT2D eigenvalue weighted by Crippen LogP contribution is 2.38. The van der Waals surface area contributed by atoms with E-state index in [9.17, 15) is 0 Å². The Morgan fingerprint density at radius 1 is 0.462 bits per heavy atom. The predicted octanol–water partition coefficient (Wildman–Crippen LogP) is 9.21. The lowest BCUT2D eigenvalue weighted by Gasteiger charge is -2.12. The number of benzene rings is 5. The summed E-state index contributed by atoms with van der Waals surface area (Å²) < 4.78 is 2.36. The van der Waals surface area contributed by atoms with Crippen LogP contribution in [0.5, 0.6) is 0 Å². The van der Waals surface area contributed by atoms with Crippen molar-refractivity contribution in [1.29, 1.82) is 0 Å². The zero-order valence-corrected chi connectivity index (χ0v) is 21.1. The molecule has 8 rings (SSSR count). The van der Waals surface area contributed by atoms with E-state index in [0.717, 1.165) is 44.6 Å². The van der Waals surface area contributed by atoms with Crippen molar-refractivity contribution in [3.8, 4) is 28.2 Å². The van der Waals surface area contributed by atoms with E-state index in [1.165, 1.54) is 27.1 Å². The molecule has 0 aliphatic rings. The largest absolute Gasteiger partial charge is 0.309 e. The molecule has 3 heterocycles. The van der Waals surface area contributed by atoms with E-state index >= 15 is 0 Å². The fraction of sp³-hybridized carbons (Fsp3) is 0. The third-order valence-electron chi connectivity index (χ3n) is 7.62. The van der Waals surface area contributed by atoms with Gasteiger partial charge in [-0.05, 0) is 47.9 Å². The molecule has 0 spiro atoms. The SMILES string of the molecule is c1ccc(-c2cccc(-n3c4ccccc4c4ccc(-c5nc6ccccc6c6ccccc56)cc43)c2)nc1. The van der Waals surface area contributed by atoms with Gasteiger partial charge in [0, 0.05) is 44.6 Å². The summed E-state index contributed by atoms with van der Waals surface area (Å²) in [6, 6.07) is 47.0. The standard InChI is InChI=1S/C36H23N3/c1-2-15-31-27(12-1)28-13-3-5-17-33(28)38-36(31)25-19-20-30-29-14-4-6-18-34(29)39(35(30)23-25)26-11-9-10-24(22-26)32-16-7-8-21-37-32/h1-23H. The number of hydrogen-bond acceptors (Lipinski definition) is 2. The maximum Gasteiger partial charge on any atom is 0.0788 e. The summed E-state index contributed by atoms with van der Waals surface area (Å²) in [6.07, 6.45) is 1.84. The van der Waals surface area contributed by atoms with E-state index in [2.05, 4.69) is 131 Å². The van der Waals surface area contributed by atoms with E-state index in [0.29, 0.717) is 0 Å². The quantitative estimate of drug-likeness (QED) is 0.228. The zero-order valence-electron chi connectivity index (χ0n) is 21.1. The molecule has 0 amide bonds. The van der Waals surface area contributed by atoms with E-state index in [-0.39, 0.29) is 0 Å². The summed E-state index contributed by atoms with van der Waals surface area (Å²) >= 11 is 0. The van der Waals surface area contributed by atoms with Crippen LogP contribution < -0.4 is 0 Å². The van der Waals surface area contributed by atoms with Crippen LogP contribution in [0.4, 0.5) is 0 Å². The minimum Gasteiger partial charge on any atom is -0.309 e. The second-order valence-corrected chi connectivity index (χ2v) is 9.87. The summed E-state index contributed by atoms with van der Waals surface area (Å²) in [5.74, 6) is 0. The van der Waals surface area contributed by atoms with Gasteiger partial charge in [0.15, 0.2) is 0 Å². The van der Waals surface area contributed by atoms with Crippen LogP contribution in [0.2, 0.25) is 0 Å². The predicted molar refractivity (Wildman–Crippen MR) is 162 cm³/mol. The van der Waals surface area contributed by atoms with Crippen LogP contribution in [-0.4, -0.2) is 14.5 Å². The van der Waals surface area contributed by atoms with E-state index < -0.39 is 0 Å². The number of hydrogen-bond donors (Lipinski definition) is 0. The molecule has 0 saturated carbocycles. The normalized spacial score (nSPS) is 11.6. The summed E-state index contributed by atoms with van der Waals surface area (Å²) in [7, 11) is 0. The zero-order chi connectivity index (χ0) is 25.8. The number of para-hydroxylation sites is 2. The molecule has 3 aromatic heterocycles. The molecule has 0 aliphatic carbocycles. The molecule has 3 heteroatoms. The third-order valence-corrected chi connectivity index (χ3v) is 7.62. The Morgan fingerprint density at radius 3 is 2.08 bits per heavy atom. The second kappa shape index (κ2) is 8.64. The molecule has 0 saturated heterocycles. The molecule has 39 heavy (non-hydrogen) atoms. The molecule has 3 nitrogen and oxygen atoms in total. The Hall–Kier alpha value is -5.28. The van der Waals surface area contributed by atoms with Gasteiger partial charge in [-0.3, -0.25) is 4.98 Å². The second-order valence-electron chi connectivity index (χ2n) is 9.87. The Labute approximate surface area is 225 Å². The smallest absolute Gasteiger partial charge is 0.0788 e. The van der Waals surface area contributed by atoms with Gasteiger partial charge in [0.1, 0.15) is 0 Å². The fourth-order valence-electron chi connectivity index (χ4n) is 5.86. The lowest BCUT2D eigenvalue weighted by Crippen LogP contribution is -1.95. The van der Waals surface area contributed by atoms with Crippen molar-refractivity contribution < 1.29 is 0 Å². The van der Waals surface area contributed by atoms with Gasteiger partial charge in [0.2, 0.25) is 0 Å². The molecule has 0 unspecified atom stereocenters. The van der Waals surface area contributed by atoms with Crippen molar-refractivity contribution in [1.82, 2.24) is 14.5 Å². The van der Waals surface area contributed by atoms with Crippen LogP contribution in [0.1, 0.15) is 0 Å². The molecule has 0 fully saturated rings. The van der Waals surface area contributed by atoms with E-state index in [1.54, 1.807) is 0 Å². The van der Waals surface area contributed by atoms with E-state index in [4.69, 9.17) is 4.98 Å². The molecule has 0 radical (unpaired) electrons. The minimum atomic E-state index is 0.965. The maximum absolute atomic E-state index is 5.17. The van der Waals surface area contributed by atoms with Gasteiger partial charge in [-0.25, -0.2) is 4.98 Å². The van der Waals surface area contributed by atoms with Gasteiger partial charge in [-0.15, -0.1) is 0 Å². The topological polar surface area (TPSA) is 30.7 Å². The Balaban J connectivity index is 1.42. The van der Waals surface area contributed by atoms with Crippen LogP contribution in [-0.2, 0) is 0 Å². The maximum atomic E-state index is 5.17. The monoisotopic (exact) mass is 497 g/mol. The summed E-state index contributed by atoms with van der Waals surface area (Å²) in [5, 5.41) is 6.02. The first-order valence-corrected chi connectivity index (χ1v) is 13.2. The van der Waals surface area contributed by atoms with Crippen molar-refractivity contribution >= 4 is 43.5 Å². The van der Waals surface area contributed by atoms with Crippen molar-refractivity contribution in [3.05, 3.63) is 140 Å². The van der Waals surface area contributed by atoms with Crippen molar-refractivity contribution in [2.45, 2.75) is 0 Å². The van der Waals surface area contributed by atoms with Gasteiger partial charge in [-0.2, -0.15) is 0 Å². The number of pyridine rings is 2. The van der Waals surface area contributed by atoms with Gasteiger partial charge < -0.3 is 4.57 Å². The van der Waals surface area contributed by atoms with Gasteiger partial charge in [0.25, 0.3) is 0 Å². The highest BCUT2D eigenvalue weighted by Gasteiger charge is 2.16. The molecular weight excluding hydrogens is 474 g/mol. The molecule has 0 N–H and O–H groups in total. The number of nitrogens with zero attached hydrogens (tertiary/aromatic N) is 3. The molecule has 182 valence electrons. The van der Waals surface area contributed by atoms with Crippen molar-refractivity contribution in [2.24, 2.45) is 0 Å². The molecule has 0 atom stereocenters. The van der Waals surface area contributed by atoms with Crippen LogP contribution in [0.25, 0.3) is 71.7 Å². The number of fused-ring (bicyclic) bond motifs is 6. The third kappa shape index (κ3) is 3.44. The van der Waals surface area contributed by atoms with E-state index in [1.807, 2.05) is 18.3 Å². The first-order valence-electron chi connectivity index (χ1n) is 13.2. The van der Waals surface area contributed by atoms with Crippen LogP contribution in [0.15, 0.2) is 140 Å². The Morgan fingerprint density at radius 2 is 1.21 bits per heavy atom. The van der Waals surface area contributed by atoms with Crippen molar-refractivity contribution in [3.63, 3.8) is 0 Å². The lowest BCUT2D eigenvalue weighted by atomic mass is 9.99. The molecule has 0 bridgehead atoms. The average molecular weight is 498 g/mol. The van der Waals surface area contributed by atoms with Crippen molar-refractivity contribution in [2.75, 3.05) is 0 Å². The van der Waals surface area contributed by atoms with Crippen LogP contribution in [0, 0.1) is 0 Å². The van der Waals surface area contributed by atoms with Crippen LogP contribution >= 0.6 is 0 Å². The summed E-state index contributed by atoms with van der Waals surface area (Å²) in [6.45, 7) is 0. The first-order chi connectivity index (χ1) is 19.3. The molecule has 5 aromatic carbocycles. The van der Waals surface area contributed by atoms with Crippen LogP contribution in [0.3, 0.4) is 0 Å². The van der Waals surface area contributed by atoms with Gasteiger partial charge in [-0.1, -0.05) is 91.0 Å². The Bertz CT molecular complexity index is 2170. The average Bonchev–Trinajstić information content (AvgIpc) is 3.35. The number of rotatable bonds is 3. The summed E-state index contributed by atoms with van der Waals surface area (Å²) in [5.41, 5.74) is 8.63. The van der Waals surface area contributed by atoms with Gasteiger partial charge >= 0.3 is 0 Å². The summed E-state index contributed by atoms with van der Waals surface area (Å²) in [4.78, 5) is 9.76. The Kier molecular flexibility index (Phi) is 4.82. The molecule has 8 aromatic rings. The first kappa shape index (κ1) is 21.8. The number of aromatic nitrogens is 3. The highest BCUT2D eigenvalue weighted by molar-refractivity contribution is 6.13. The lowest BCUT2D eigenvalue weighted by molar-refractivity contribution is 1.18. The minimum absolute atomic E-state index is 0.965. The molecular formula is C36H23N3. The fourth-order valence-corrected chi connectivity index (χ4v) is 5.86.